The summed E-state index contributed by atoms with van der Waals surface area (Å²) in [6, 6.07) is 2.67. The number of benzene rings is 1. The Labute approximate surface area is 177 Å². The van der Waals surface area contributed by atoms with E-state index in [0.717, 1.165) is 25.7 Å². The van der Waals surface area contributed by atoms with Crippen LogP contribution >= 0.6 is 0 Å². The normalized spacial score (nSPS) is 18.6. The monoisotopic (exact) mass is 421 g/mol. The van der Waals surface area contributed by atoms with Gasteiger partial charge in [0.15, 0.2) is 5.82 Å². The minimum Gasteiger partial charge on any atom is -0.367 e. The van der Waals surface area contributed by atoms with Crippen LogP contribution in [0.3, 0.4) is 0 Å². The van der Waals surface area contributed by atoms with E-state index in [9.17, 15) is 19.3 Å². The van der Waals surface area contributed by atoms with Gasteiger partial charge in [-0.15, -0.1) is 0 Å². The van der Waals surface area contributed by atoms with Gasteiger partial charge in [-0.2, -0.15) is 0 Å². The van der Waals surface area contributed by atoms with E-state index in [1.54, 1.807) is 11.0 Å². The van der Waals surface area contributed by atoms with Crippen molar-refractivity contribution in [2.24, 2.45) is 5.41 Å². The molecule has 1 aromatic rings. The molecule has 2 saturated heterocycles. The largest absolute Gasteiger partial charge is 0.367 e. The second kappa shape index (κ2) is 8.75. The first kappa shape index (κ1) is 22.3. The highest BCUT2D eigenvalue weighted by atomic mass is 19.1. The maximum absolute atomic E-state index is 14.8. The van der Waals surface area contributed by atoms with E-state index in [1.165, 1.54) is 0 Å². The number of nitrogens with zero attached hydrogens (tertiary/aromatic N) is 5. The van der Waals surface area contributed by atoms with Gasteiger partial charge >= 0.3 is 0 Å². The van der Waals surface area contributed by atoms with E-state index in [0.29, 0.717) is 50.6 Å². The van der Waals surface area contributed by atoms with Gasteiger partial charge in [-0.05, 0) is 12.6 Å². The molecule has 8 nitrogen and oxygen atoms in total. The smallest absolute Gasteiger partial charge is 0.295 e. The number of nitro benzene ring substituents is 1. The number of amides is 1. The lowest BCUT2D eigenvalue weighted by Gasteiger charge is -2.39. The Morgan fingerprint density at radius 2 is 1.53 bits per heavy atom. The molecular formula is C21H32FN5O3. The second-order valence-corrected chi connectivity index (χ2v) is 9.00. The molecule has 0 saturated carbocycles. The Bertz CT molecular complexity index is 795. The lowest BCUT2D eigenvalue weighted by molar-refractivity contribution is -0.384. The van der Waals surface area contributed by atoms with Crippen LogP contribution in [0, 0.1) is 21.3 Å². The van der Waals surface area contributed by atoms with Gasteiger partial charge in [-0.25, -0.2) is 4.39 Å². The van der Waals surface area contributed by atoms with Crippen LogP contribution in [0.15, 0.2) is 12.1 Å². The van der Waals surface area contributed by atoms with Crippen molar-refractivity contribution in [3.05, 3.63) is 28.1 Å². The Balaban J connectivity index is 1.82. The van der Waals surface area contributed by atoms with Crippen LogP contribution in [-0.2, 0) is 4.79 Å². The van der Waals surface area contributed by atoms with Crippen molar-refractivity contribution in [2.75, 3.05) is 68.7 Å². The lowest BCUT2D eigenvalue weighted by atomic mass is 9.94. The van der Waals surface area contributed by atoms with E-state index in [-0.39, 0.29) is 11.6 Å². The number of carbonyl (C=O) groups excluding carboxylic acids is 1. The van der Waals surface area contributed by atoms with Crippen molar-refractivity contribution in [1.29, 1.82) is 0 Å². The SMILES string of the molecule is CCN1CCN(c2cc(N3CCN(C(=O)C(C)(C)C)CC3)c([N+](=O)[O-])cc2F)CC1. The van der Waals surface area contributed by atoms with Gasteiger partial charge in [0.25, 0.3) is 5.69 Å². The van der Waals surface area contributed by atoms with E-state index < -0.39 is 16.2 Å². The average molecular weight is 422 g/mol. The van der Waals surface area contributed by atoms with E-state index in [2.05, 4.69) is 11.8 Å². The molecule has 0 spiro atoms. The summed E-state index contributed by atoms with van der Waals surface area (Å²) in [7, 11) is 0. The summed E-state index contributed by atoms with van der Waals surface area (Å²) in [4.78, 5) is 31.6. The van der Waals surface area contributed by atoms with Gasteiger partial charge < -0.3 is 19.6 Å². The highest BCUT2D eigenvalue weighted by Gasteiger charge is 2.32. The Morgan fingerprint density at radius 1 is 1.00 bits per heavy atom. The zero-order valence-electron chi connectivity index (χ0n) is 18.4. The van der Waals surface area contributed by atoms with Gasteiger partial charge in [0.2, 0.25) is 5.91 Å². The summed E-state index contributed by atoms with van der Waals surface area (Å²) >= 11 is 0. The first-order chi connectivity index (χ1) is 14.1. The van der Waals surface area contributed by atoms with Crippen molar-refractivity contribution < 1.29 is 14.1 Å². The molecule has 0 bridgehead atoms. The van der Waals surface area contributed by atoms with Crippen LogP contribution in [0.1, 0.15) is 27.7 Å². The average Bonchev–Trinajstić information content (AvgIpc) is 2.72. The third-order valence-corrected chi connectivity index (χ3v) is 5.95. The Morgan fingerprint density at radius 3 is 2.03 bits per heavy atom. The van der Waals surface area contributed by atoms with E-state index in [4.69, 9.17) is 0 Å². The Kier molecular flexibility index (Phi) is 6.50. The molecule has 9 heteroatoms. The van der Waals surface area contributed by atoms with Crippen molar-refractivity contribution in [3.63, 3.8) is 0 Å². The summed E-state index contributed by atoms with van der Waals surface area (Å²) in [6.45, 7) is 13.7. The molecule has 30 heavy (non-hydrogen) atoms. The van der Waals surface area contributed by atoms with Gasteiger partial charge in [0, 0.05) is 57.8 Å². The molecule has 2 aliphatic rings. The molecule has 1 aromatic carbocycles. The summed E-state index contributed by atoms with van der Waals surface area (Å²) in [6.07, 6.45) is 0. The maximum Gasteiger partial charge on any atom is 0.295 e. The van der Waals surface area contributed by atoms with Crippen LogP contribution in [-0.4, -0.2) is 79.5 Å². The van der Waals surface area contributed by atoms with E-state index >= 15 is 0 Å². The fourth-order valence-corrected chi connectivity index (χ4v) is 4.11. The van der Waals surface area contributed by atoms with Crippen LogP contribution in [0.2, 0.25) is 0 Å². The maximum atomic E-state index is 14.8. The van der Waals surface area contributed by atoms with Gasteiger partial charge in [0.05, 0.1) is 16.7 Å². The lowest BCUT2D eigenvalue weighted by Crippen LogP contribution is -2.51. The van der Waals surface area contributed by atoms with Crippen LogP contribution < -0.4 is 9.80 Å². The number of piperazine rings is 2. The zero-order chi connectivity index (χ0) is 22.1. The number of halogens is 1. The van der Waals surface area contributed by atoms with Crippen molar-refractivity contribution >= 4 is 23.0 Å². The fourth-order valence-electron chi connectivity index (χ4n) is 4.11. The number of likely N-dealkylation sites (N-methyl/N-ethyl adjacent to an activating group) is 1. The minimum absolute atomic E-state index is 0.0743. The fraction of sp³-hybridized carbons (Fsp3) is 0.667. The highest BCUT2D eigenvalue weighted by Crippen LogP contribution is 2.36. The first-order valence-electron chi connectivity index (χ1n) is 10.6. The number of nitro groups is 1. The van der Waals surface area contributed by atoms with Crippen molar-refractivity contribution in [2.45, 2.75) is 27.7 Å². The summed E-state index contributed by atoms with van der Waals surface area (Å²) < 4.78 is 14.8. The predicted octanol–water partition coefficient (Wildman–Crippen LogP) is 2.57. The molecule has 166 valence electrons. The van der Waals surface area contributed by atoms with Crippen molar-refractivity contribution in [3.8, 4) is 0 Å². The van der Waals surface area contributed by atoms with E-state index in [1.807, 2.05) is 30.6 Å². The quantitative estimate of drug-likeness (QED) is 0.550. The highest BCUT2D eigenvalue weighted by molar-refractivity contribution is 5.82. The molecule has 0 unspecified atom stereocenters. The third-order valence-electron chi connectivity index (χ3n) is 5.95. The predicted molar refractivity (Wildman–Crippen MR) is 116 cm³/mol. The molecule has 2 fully saturated rings. The van der Waals surface area contributed by atoms with Crippen LogP contribution in [0.5, 0.6) is 0 Å². The van der Waals surface area contributed by atoms with Crippen LogP contribution in [0.4, 0.5) is 21.5 Å². The molecule has 0 aromatic heterocycles. The second-order valence-electron chi connectivity index (χ2n) is 9.00. The molecular weight excluding hydrogens is 389 g/mol. The third kappa shape index (κ3) is 4.66. The molecule has 0 atom stereocenters. The zero-order valence-corrected chi connectivity index (χ0v) is 18.4. The van der Waals surface area contributed by atoms with Gasteiger partial charge in [-0.1, -0.05) is 27.7 Å². The van der Waals surface area contributed by atoms with Crippen LogP contribution in [0.25, 0.3) is 0 Å². The number of carbonyl (C=O) groups is 1. The standard InChI is InChI=1S/C21H32FN5O3/c1-5-23-6-8-24(9-7-23)17-15-18(19(27(29)30)14-16(17)22)25-10-12-26(13-11-25)20(28)21(2,3)4/h14-15H,5-13H2,1-4H3. The molecule has 3 rings (SSSR count). The van der Waals surface area contributed by atoms with Crippen molar-refractivity contribution in [1.82, 2.24) is 9.80 Å². The van der Waals surface area contributed by atoms with Gasteiger partial charge in [-0.3, -0.25) is 14.9 Å². The Hall–Kier alpha value is -2.42. The summed E-state index contributed by atoms with van der Waals surface area (Å²) in [5, 5.41) is 11.6. The summed E-state index contributed by atoms with van der Waals surface area (Å²) in [5.41, 5.74) is 0.161. The molecule has 2 aliphatic heterocycles. The molecule has 2 heterocycles. The van der Waals surface area contributed by atoms with Gasteiger partial charge in [0.1, 0.15) is 5.69 Å². The molecule has 0 aliphatic carbocycles. The topological polar surface area (TPSA) is 73.2 Å². The number of rotatable bonds is 4. The molecule has 0 radical (unpaired) electrons. The number of hydrogen-bond acceptors (Lipinski definition) is 6. The number of hydrogen-bond donors (Lipinski definition) is 0. The number of anilines is 2. The molecule has 0 N–H and O–H groups in total. The minimum atomic E-state index is -0.558. The molecule has 1 amide bonds. The summed E-state index contributed by atoms with van der Waals surface area (Å²) in [5.74, 6) is -0.484. The first-order valence-corrected chi connectivity index (χ1v) is 10.6.